The highest BCUT2D eigenvalue weighted by Crippen LogP contribution is 2.38. The quantitative estimate of drug-likeness (QED) is 0.458. The minimum Gasteiger partial charge on any atom is -0.465 e. The Kier molecular flexibility index (Phi) is 5.65. The number of esters is 1. The third-order valence-corrected chi connectivity index (χ3v) is 5.57. The van der Waals surface area contributed by atoms with E-state index in [1.807, 2.05) is 0 Å². The van der Waals surface area contributed by atoms with Crippen LogP contribution < -0.4 is 10.6 Å². The summed E-state index contributed by atoms with van der Waals surface area (Å²) in [7, 11) is 1.38. The molecular weight excluding hydrogens is 359 g/mol. The van der Waals surface area contributed by atoms with E-state index in [-0.39, 0.29) is 22.6 Å². The van der Waals surface area contributed by atoms with Crippen molar-refractivity contribution in [3.63, 3.8) is 0 Å². The zero-order chi connectivity index (χ0) is 17.8. The van der Waals surface area contributed by atoms with Crippen LogP contribution in [-0.4, -0.2) is 18.2 Å². The summed E-state index contributed by atoms with van der Waals surface area (Å²) >= 11 is 6.82. The van der Waals surface area contributed by atoms with Gasteiger partial charge < -0.3 is 15.4 Å². The molecule has 0 fully saturated rings. The second-order valence-corrected chi connectivity index (χ2v) is 7.33. The van der Waals surface area contributed by atoms with E-state index in [9.17, 15) is 9.18 Å². The Morgan fingerprint density at radius 1 is 1.20 bits per heavy atom. The molecule has 4 nitrogen and oxygen atoms in total. The van der Waals surface area contributed by atoms with E-state index in [2.05, 4.69) is 10.6 Å². The molecule has 0 atom stereocenters. The topological polar surface area (TPSA) is 50.4 Å². The Balaban J connectivity index is 1.85. The fraction of sp³-hybridized carbons (Fsp3) is 0.333. The first-order chi connectivity index (χ1) is 12.1. The molecule has 1 heterocycles. The third kappa shape index (κ3) is 3.99. The molecule has 0 amide bonds. The maximum Gasteiger partial charge on any atom is 0.341 e. The number of carbonyl (C=O) groups is 1. The summed E-state index contributed by atoms with van der Waals surface area (Å²) in [6.45, 7) is 0. The van der Waals surface area contributed by atoms with Crippen LogP contribution in [0.1, 0.15) is 40.1 Å². The van der Waals surface area contributed by atoms with Gasteiger partial charge in [-0.15, -0.1) is 11.3 Å². The molecule has 25 heavy (non-hydrogen) atoms. The van der Waals surface area contributed by atoms with E-state index in [4.69, 9.17) is 17.0 Å². The van der Waals surface area contributed by atoms with Crippen LogP contribution in [0, 0.1) is 5.82 Å². The molecule has 132 valence electrons. The SMILES string of the molecule is COC(=O)c1c(NC(=S)Nc2ccccc2F)sc2c1CCCCC2. The largest absolute Gasteiger partial charge is 0.465 e. The van der Waals surface area contributed by atoms with E-state index in [0.29, 0.717) is 10.6 Å². The highest BCUT2D eigenvalue weighted by Gasteiger charge is 2.25. The number of thiocarbonyl (C=S) groups is 1. The Hall–Kier alpha value is -1.99. The van der Waals surface area contributed by atoms with Crippen molar-refractivity contribution in [1.82, 2.24) is 0 Å². The Labute approximate surface area is 155 Å². The number of rotatable bonds is 3. The van der Waals surface area contributed by atoms with Gasteiger partial charge in [-0.1, -0.05) is 18.6 Å². The van der Waals surface area contributed by atoms with Gasteiger partial charge in [0, 0.05) is 4.88 Å². The molecule has 0 radical (unpaired) electrons. The summed E-state index contributed by atoms with van der Waals surface area (Å²) in [5.41, 5.74) is 1.91. The number of carbonyl (C=O) groups excluding carboxylic acids is 1. The van der Waals surface area contributed by atoms with Crippen molar-refractivity contribution >= 4 is 45.3 Å². The fourth-order valence-corrected chi connectivity index (χ4v) is 4.53. The molecule has 0 bridgehead atoms. The first kappa shape index (κ1) is 17.8. The number of hydrogen-bond acceptors (Lipinski definition) is 4. The van der Waals surface area contributed by atoms with Crippen molar-refractivity contribution in [3.8, 4) is 0 Å². The van der Waals surface area contributed by atoms with Gasteiger partial charge in [-0.05, 0) is 55.6 Å². The molecule has 0 saturated carbocycles. The van der Waals surface area contributed by atoms with Crippen molar-refractivity contribution in [1.29, 1.82) is 0 Å². The smallest absolute Gasteiger partial charge is 0.341 e. The molecule has 2 aromatic rings. The van der Waals surface area contributed by atoms with Gasteiger partial charge >= 0.3 is 5.97 Å². The number of ether oxygens (including phenoxy) is 1. The number of anilines is 2. The standard InChI is InChI=1S/C18H19FN2O2S2/c1-23-17(22)15-11-7-3-2-4-10-14(11)25-16(15)21-18(24)20-13-9-6-5-8-12(13)19/h5-6,8-9H,2-4,7,10H2,1H3,(H2,20,21,24). The molecule has 0 unspecified atom stereocenters. The number of fused-ring (bicyclic) bond motifs is 1. The van der Waals surface area contributed by atoms with E-state index in [1.165, 1.54) is 29.4 Å². The molecule has 0 spiro atoms. The highest BCUT2D eigenvalue weighted by atomic mass is 32.1. The van der Waals surface area contributed by atoms with Crippen LogP contribution in [0.5, 0.6) is 0 Å². The van der Waals surface area contributed by atoms with E-state index in [0.717, 1.165) is 37.7 Å². The molecule has 1 aliphatic rings. The molecule has 7 heteroatoms. The molecule has 0 saturated heterocycles. The molecule has 2 N–H and O–H groups in total. The van der Waals surface area contributed by atoms with Gasteiger partial charge in [0.2, 0.25) is 0 Å². The van der Waals surface area contributed by atoms with E-state index in [1.54, 1.807) is 18.2 Å². The Bertz CT molecular complexity index is 804. The minimum atomic E-state index is -0.387. The van der Waals surface area contributed by atoms with Gasteiger partial charge in [0.1, 0.15) is 10.8 Å². The summed E-state index contributed by atoms with van der Waals surface area (Å²) < 4.78 is 18.7. The van der Waals surface area contributed by atoms with Crippen LogP contribution in [0.15, 0.2) is 24.3 Å². The summed E-state index contributed by atoms with van der Waals surface area (Å²) in [6, 6.07) is 6.30. The average Bonchev–Trinajstić information content (AvgIpc) is 2.77. The van der Waals surface area contributed by atoms with Crippen molar-refractivity contribution < 1.29 is 13.9 Å². The number of hydrogen-bond donors (Lipinski definition) is 2. The van der Waals surface area contributed by atoms with Crippen LogP contribution in [0.25, 0.3) is 0 Å². The zero-order valence-electron chi connectivity index (χ0n) is 13.9. The number of nitrogens with one attached hydrogen (secondary N) is 2. The highest BCUT2D eigenvalue weighted by molar-refractivity contribution is 7.80. The van der Waals surface area contributed by atoms with Crippen LogP contribution in [0.2, 0.25) is 0 Å². The first-order valence-corrected chi connectivity index (χ1v) is 9.38. The number of halogens is 1. The van der Waals surface area contributed by atoms with Crippen LogP contribution in [0.3, 0.4) is 0 Å². The first-order valence-electron chi connectivity index (χ1n) is 8.15. The lowest BCUT2D eigenvalue weighted by Crippen LogP contribution is -2.20. The van der Waals surface area contributed by atoms with Crippen molar-refractivity contribution in [2.75, 3.05) is 17.7 Å². The lowest BCUT2D eigenvalue weighted by Gasteiger charge is -2.11. The normalized spacial score (nSPS) is 13.5. The van der Waals surface area contributed by atoms with Crippen molar-refractivity contribution in [2.45, 2.75) is 32.1 Å². The van der Waals surface area contributed by atoms with Crippen molar-refractivity contribution in [2.24, 2.45) is 0 Å². The Morgan fingerprint density at radius 2 is 1.96 bits per heavy atom. The van der Waals surface area contributed by atoms with Gasteiger partial charge in [0.25, 0.3) is 0 Å². The monoisotopic (exact) mass is 378 g/mol. The summed E-state index contributed by atoms with van der Waals surface area (Å²) in [5, 5.41) is 6.79. The lowest BCUT2D eigenvalue weighted by molar-refractivity contribution is 0.0601. The van der Waals surface area contributed by atoms with Crippen LogP contribution in [-0.2, 0) is 17.6 Å². The zero-order valence-corrected chi connectivity index (χ0v) is 15.5. The molecule has 3 rings (SSSR count). The maximum absolute atomic E-state index is 13.8. The lowest BCUT2D eigenvalue weighted by atomic mass is 10.1. The van der Waals surface area contributed by atoms with E-state index < -0.39 is 0 Å². The van der Waals surface area contributed by atoms with Crippen molar-refractivity contribution in [3.05, 3.63) is 46.1 Å². The van der Waals surface area contributed by atoms with Gasteiger partial charge in [-0.3, -0.25) is 0 Å². The predicted molar refractivity (Wildman–Crippen MR) is 103 cm³/mol. The molecule has 1 aromatic heterocycles. The number of thiophene rings is 1. The predicted octanol–water partition coefficient (Wildman–Crippen LogP) is 4.75. The third-order valence-electron chi connectivity index (χ3n) is 4.16. The second kappa shape index (κ2) is 7.93. The maximum atomic E-state index is 13.8. The molecule has 1 aliphatic carbocycles. The van der Waals surface area contributed by atoms with Gasteiger partial charge in [-0.25, -0.2) is 9.18 Å². The second-order valence-electron chi connectivity index (χ2n) is 5.82. The summed E-state index contributed by atoms with van der Waals surface area (Å²) in [5.74, 6) is -0.752. The van der Waals surface area contributed by atoms with Crippen LogP contribution >= 0.6 is 23.6 Å². The molecule has 0 aliphatic heterocycles. The van der Waals surface area contributed by atoms with Gasteiger partial charge in [0.15, 0.2) is 5.11 Å². The fourth-order valence-electron chi connectivity index (χ4n) is 2.97. The molecule has 1 aromatic carbocycles. The summed E-state index contributed by atoms with van der Waals surface area (Å²) in [6.07, 6.45) is 5.17. The summed E-state index contributed by atoms with van der Waals surface area (Å²) in [4.78, 5) is 13.5. The van der Waals surface area contributed by atoms with Gasteiger partial charge in [0.05, 0.1) is 18.4 Å². The number of methoxy groups -OCH3 is 1. The molecular formula is C18H19FN2O2S2. The average molecular weight is 378 g/mol. The Morgan fingerprint density at radius 3 is 2.72 bits per heavy atom. The van der Waals surface area contributed by atoms with Crippen LogP contribution in [0.4, 0.5) is 15.1 Å². The number of aryl methyl sites for hydroxylation is 1. The minimum absolute atomic E-state index is 0.242. The number of benzene rings is 1. The number of para-hydroxylation sites is 1. The van der Waals surface area contributed by atoms with E-state index >= 15 is 0 Å². The van der Waals surface area contributed by atoms with Gasteiger partial charge in [-0.2, -0.15) is 0 Å².